The second kappa shape index (κ2) is 20.5. The predicted octanol–water partition coefficient (Wildman–Crippen LogP) is -0.481. The van der Waals surface area contributed by atoms with Crippen LogP contribution in [-0.4, -0.2) is 195 Å². The summed E-state index contributed by atoms with van der Waals surface area (Å²) in [6.45, 7) is 9.71. The summed E-state index contributed by atoms with van der Waals surface area (Å²) in [5, 5.41) is 28.9. The van der Waals surface area contributed by atoms with Crippen LogP contribution in [0.3, 0.4) is 0 Å². The average molecular weight is 1040 g/mol. The Balaban J connectivity index is 1.13. The van der Waals surface area contributed by atoms with E-state index in [1.165, 1.54) is 64.9 Å². The summed E-state index contributed by atoms with van der Waals surface area (Å²) in [6.07, 6.45) is 0. The number of amides is 12. The highest BCUT2D eigenvalue weighted by Crippen LogP contribution is 2.54. The number of thioether (sulfide) groups is 2. The summed E-state index contributed by atoms with van der Waals surface area (Å²) in [5.74, 6) is -11.0. The number of benzene rings is 2. The summed E-state index contributed by atoms with van der Waals surface area (Å²) in [5.41, 5.74) is 0.400. The summed E-state index contributed by atoms with van der Waals surface area (Å²) in [7, 11) is 0. The first-order chi connectivity index (χ1) is 33.9. The Kier molecular flexibility index (Phi) is 15.0. The molecule has 12 amide bonds. The van der Waals surface area contributed by atoms with Gasteiger partial charge in [-0.2, -0.15) is 0 Å². The number of nitrogens with one attached hydrogen (secondary N) is 4. The van der Waals surface area contributed by atoms with E-state index in [4.69, 9.17) is 0 Å². The summed E-state index contributed by atoms with van der Waals surface area (Å²) >= 11 is 1.87. The number of urea groups is 2. The molecule has 5 fully saturated rings. The number of β-lactam (4-membered cyclic amide) rings is 1. The number of carboxylic acid groups (broad SMARTS) is 2. The third-order valence-corrected chi connectivity index (χ3v) is 16.3. The maximum Gasteiger partial charge on any atom is 0.329 e. The highest BCUT2D eigenvalue weighted by atomic mass is 32.2. The number of carbonyl (C=O) groups excluding carboxylic acids is 10. The fourth-order valence-electron chi connectivity index (χ4n) is 9.46. The van der Waals surface area contributed by atoms with E-state index < -0.39 is 128 Å². The molecule has 0 bridgehead atoms. The lowest BCUT2D eigenvalue weighted by Crippen LogP contribution is -2.73. The van der Waals surface area contributed by atoms with Crippen molar-refractivity contribution in [1.29, 1.82) is 0 Å². The number of carbonyl (C=O) groups is 12. The zero-order valence-electron chi connectivity index (χ0n) is 39.9. The number of fused-ring (bicyclic) bond motifs is 1. The standard InChI is InChI=1S/C46H54N10O14S2/c1-7-51-19-21-53(37(63)35(51)61)43(69)49-25(23-15-11-9-12-16-23)31(57)47-27-33(59)55-29(45(3,4)71-39(27)55)34(60)56-30(42(67)68)46(5,6)72-40(56)28(41(65)66)48-32(58)26(24-17-13-10-14-18-24)50-44(70)54-22-20-52(8-2)36(62)38(54)64/h9-18,25-30,39-40H,7-8,19-22H2,1-6H3,(H,47,57)(H,48,58)(H,49,69)(H,50,70)(H,65,66)(H,67,68)/t25-,26-,27?,28?,29-,30+,39?,40-/m1/s1. The molecular formula is C46H54N10O14S2. The molecule has 5 aliphatic heterocycles. The van der Waals surface area contributed by atoms with Crippen LogP contribution in [0, 0.1) is 0 Å². The van der Waals surface area contributed by atoms with Gasteiger partial charge in [-0.1, -0.05) is 60.7 Å². The van der Waals surface area contributed by atoms with Gasteiger partial charge in [-0.25, -0.2) is 19.2 Å². The van der Waals surface area contributed by atoms with Crippen molar-refractivity contribution in [3.05, 3.63) is 71.8 Å². The van der Waals surface area contributed by atoms with Crippen molar-refractivity contribution in [3.8, 4) is 0 Å². The minimum Gasteiger partial charge on any atom is -0.480 e. The Bertz CT molecular complexity index is 2610. The molecule has 72 heavy (non-hydrogen) atoms. The van der Waals surface area contributed by atoms with Gasteiger partial charge in [-0.15, -0.1) is 23.5 Å². The first-order valence-electron chi connectivity index (χ1n) is 22.9. The molecule has 5 heterocycles. The van der Waals surface area contributed by atoms with E-state index in [2.05, 4.69) is 21.3 Å². The maximum absolute atomic E-state index is 15.2. The second-order valence-corrected chi connectivity index (χ2v) is 22.0. The van der Waals surface area contributed by atoms with Gasteiger partial charge in [0.15, 0.2) is 6.04 Å². The van der Waals surface area contributed by atoms with Crippen molar-refractivity contribution >= 4 is 94.8 Å². The number of imide groups is 2. The van der Waals surface area contributed by atoms with Gasteiger partial charge < -0.3 is 51.1 Å². The highest BCUT2D eigenvalue weighted by molar-refractivity contribution is 8.02. The van der Waals surface area contributed by atoms with Gasteiger partial charge in [0.1, 0.15) is 41.0 Å². The predicted molar refractivity (Wildman–Crippen MR) is 255 cm³/mol. The van der Waals surface area contributed by atoms with Gasteiger partial charge in [0.25, 0.3) is 0 Å². The quantitative estimate of drug-likeness (QED) is 0.103. The van der Waals surface area contributed by atoms with Crippen molar-refractivity contribution in [3.63, 3.8) is 0 Å². The van der Waals surface area contributed by atoms with Crippen LogP contribution >= 0.6 is 23.5 Å². The number of likely N-dealkylation sites (N-methyl/N-ethyl adjacent to an activating group) is 2. The number of nitrogens with zero attached hydrogens (tertiary/aromatic N) is 6. The van der Waals surface area contributed by atoms with Crippen molar-refractivity contribution in [2.45, 2.75) is 98.0 Å². The van der Waals surface area contributed by atoms with Gasteiger partial charge in [0, 0.05) is 48.8 Å². The fourth-order valence-corrected chi connectivity index (χ4v) is 12.7. The van der Waals surface area contributed by atoms with Crippen LogP contribution in [0.1, 0.15) is 64.8 Å². The molecule has 0 saturated carbocycles. The number of carboxylic acids is 2. The van der Waals surface area contributed by atoms with Gasteiger partial charge in [-0.3, -0.25) is 48.2 Å². The largest absolute Gasteiger partial charge is 0.480 e. The van der Waals surface area contributed by atoms with Gasteiger partial charge in [0.2, 0.25) is 23.6 Å². The van der Waals surface area contributed by atoms with Crippen LogP contribution in [0.15, 0.2) is 60.7 Å². The van der Waals surface area contributed by atoms with E-state index in [1.54, 1.807) is 52.0 Å². The molecule has 2 aromatic carbocycles. The van der Waals surface area contributed by atoms with Crippen LogP contribution in [0.5, 0.6) is 0 Å². The third-order valence-electron chi connectivity index (χ3n) is 13.1. The molecule has 2 aromatic rings. The van der Waals surface area contributed by atoms with Crippen molar-refractivity contribution < 1.29 is 67.7 Å². The van der Waals surface area contributed by atoms with Crippen LogP contribution in [-0.2, 0) is 47.9 Å². The number of hydrogen-bond acceptors (Lipinski definition) is 14. The molecule has 7 rings (SSSR count). The summed E-state index contributed by atoms with van der Waals surface area (Å²) < 4.78 is -2.65. The van der Waals surface area contributed by atoms with Crippen molar-refractivity contribution in [2.24, 2.45) is 0 Å². The molecule has 24 nitrogen and oxygen atoms in total. The highest BCUT2D eigenvalue weighted by Gasteiger charge is 2.67. The molecule has 26 heteroatoms. The Labute approximate surface area is 420 Å². The Morgan fingerprint density at radius 1 is 0.625 bits per heavy atom. The average Bonchev–Trinajstić information content (AvgIpc) is 3.78. The second-order valence-electron chi connectivity index (χ2n) is 18.4. The van der Waals surface area contributed by atoms with Gasteiger partial charge in [-0.05, 0) is 52.7 Å². The molecule has 5 aliphatic rings. The summed E-state index contributed by atoms with van der Waals surface area (Å²) in [6, 6.07) is 3.60. The number of rotatable bonds is 14. The normalized spacial score (nSPS) is 24.7. The van der Waals surface area contributed by atoms with Gasteiger partial charge >= 0.3 is 47.6 Å². The lowest BCUT2D eigenvalue weighted by Gasteiger charge is -2.46. The first-order valence-corrected chi connectivity index (χ1v) is 24.7. The zero-order valence-corrected chi connectivity index (χ0v) is 41.6. The first kappa shape index (κ1) is 52.6. The van der Waals surface area contributed by atoms with Crippen LogP contribution in [0.4, 0.5) is 9.59 Å². The minimum atomic E-state index is -2.06. The number of hydrogen-bond donors (Lipinski definition) is 6. The lowest BCUT2D eigenvalue weighted by atomic mass is 9.92. The molecule has 0 radical (unpaired) electrons. The van der Waals surface area contributed by atoms with E-state index in [-0.39, 0.29) is 50.4 Å². The van der Waals surface area contributed by atoms with E-state index >= 15 is 4.79 Å². The molecule has 6 N–H and O–H groups in total. The molecule has 0 spiro atoms. The van der Waals surface area contributed by atoms with E-state index in [0.29, 0.717) is 9.80 Å². The molecule has 3 unspecified atom stereocenters. The molecular weight excluding hydrogens is 981 g/mol. The van der Waals surface area contributed by atoms with Crippen LogP contribution < -0.4 is 21.3 Å². The smallest absolute Gasteiger partial charge is 0.329 e. The van der Waals surface area contributed by atoms with E-state index in [0.717, 1.165) is 28.4 Å². The molecule has 384 valence electrons. The van der Waals surface area contributed by atoms with Crippen molar-refractivity contribution in [2.75, 3.05) is 39.3 Å². The van der Waals surface area contributed by atoms with Crippen LogP contribution in [0.2, 0.25) is 0 Å². The Morgan fingerprint density at radius 2 is 1.08 bits per heavy atom. The Hall–Kier alpha value is -7.22. The molecule has 8 atom stereocenters. The van der Waals surface area contributed by atoms with Gasteiger partial charge in [0.05, 0.1) is 0 Å². The number of aliphatic carboxylic acids is 2. The SMILES string of the molecule is CCN1CCN(C(=O)N[C@@H](C(=O)NC2C(=O)N3C2SC(C)(C)[C@H]3C(=O)N2[C@@H](C(NC(=O)[C@H](NC(=O)N3CCN(CC)C(=O)C3=O)c3ccccc3)C(=O)O)SC(C)(C)[C@@H]2C(=O)O)c2ccccc2)C(=O)C1=O. The Morgan fingerprint density at radius 3 is 1.53 bits per heavy atom. The summed E-state index contributed by atoms with van der Waals surface area (Å²) in [4.78, 5) is 168. The third kappa shape index (κ3) is 9.75. The number of piperazine rings is 2. The minimum absolute atomic E-state index is 0.0250. The van der Waals surface area contributed by atoms with Crippen LogP contribution in [0.25, 0.3) is 0 Å². The fraction of sp³-hybridized carbons (Fsp3) is 0.478. The maximum atomic E-state index is 15.2. The topological polar surface area (TPSA) is 313 Å². The van der Waals surface area contributed by atoms with E-state index in [1.807, 2.05) is 0 Å². The monoisotopic (exact) mass is 1030 g/mol. The van der Waals surface area contributed by atoms with Crippen molar-refractivity contribution in [1.82, 2.24) is 50.7 Å². The molecule has 0 aromatic heterocycles. The zero-order chi connectivity index (χ0) is 52.7. The molecule has 5 saturated heterocycles. The lowest BCUT2D eigenvalue weighted by molar-refractivity contribution is -0.163. The van der Waals surface area contributed by atoms with E-state index in [9.17, 15) is 63.0 Å². The molecule has 0 aliphatic carbocycles.